The van der Waals surface area contributed by atoms with Crippen molar-refractivity contribution >= 4 is 34.4 Å². The number of hydrogen-bond acceptors (Lipinski definition) is 3. The summed E-state index contributed by atoms with van der Waals surface area (Å²) in [5.41, 5.74) is 0.614. The molecule has 0 bridgehead atoms. The lowest BCUT2D eigenvalue weighted by molar-refractivity contribution is -0.121. The molecular weight excluding hydrogens is 371 g/mol. The van der Waals surface area contributed by atoms with E-state index in [9.17, 15) is 9.59 Å². The molecule has 0 radical (unpaired) electrons. The molecular formula is C14H19IN2O3. The van der Waals surface area contributed by atoms with Crippen LogP contribution in [0.15, 0.2) is 24.3 Å². The van der Waals surface area contributed by atoms with Gasteiger partial charge in [0.15, 0.2) is 0 Å². The monoisotopic (exact) mass is 390 g/mol. The number of ether oxygens (including phenoxy) is 1. The number of benzene rings is 1. The van der Waals surface area contributed by atoms with Crippen molar-refractivity contribution in [2.24, 2.45) is 0 Å². The summed E-state index contributed by atoms with van der Waals surface area (Å²) in [4.78, 5) is 25.3. The summed E-state index contributed by atoms with van der Waals surface area (Å²) in [6.45, 7) is 1.21. The first-order valence-electron chi connectivity index (χ1n) is 6.32. The molecule has 0 aliphatic heterocycles. The third-order valence-electron chi connectivity index (χ3n) is 2.68. The van der Waals surface area contributed by atoms with E-state index in [1.165, 1.54) is 4.90 Å². The van der Waals surface area contributed by atoms with Crippen molar-refractivity contribution in [3.63, 3.8) is 0 Å². The number of likely N-dealkylation sites (N-methyl/N-ethyl adjacent to an activating group) is 1. The van der Waals surface area contributed by atoms with E-state index < -0.39 is 0 Å². The van der Waals surface area contributed by atoms with Crippen LogP contribution in [-0.2, 0) is 9.53 Å². The van der Waals surface area contributed by atoms with Gasteiger partial charge in [0.05, 0.1) is 12.1 Å². The first-order chi connectivity index (χ1) is 9.56. The number of nitrogens with one attached hydrogen (secondary N) is 1. The van der Waals surface area contributed by atoms with Crippen LogP contribution >= 0.6 is 22.6 Å². The molecule has 0 saturated carbocycles. The molecule has 6 heteroatoms. The van der Waals surface area contributed by atoms with E-state index in [2.05, 4.69) is 27.9 Å². The van der Waals surface area contributed by atoms with Gasteiger partial charge in [-0.1, -0.05) is 12.1 Å². The van der Waals surface area contributed by atoms with Gasteiger partial charge in [-0.3, -0.25) is 9.59 Å². The first-order valence-corrected chi connectivity index (χ1v) is 7.39. The second kappa shape index (κ2) is 8.91. The van der Waals surface area contributed by atoms with Gasteiger partial charge in [-0.05, 0) is 41.1 Å². The van der Waals surface area contributed by atoms with Crippen LogP contribution in [0.4, 0.5) is 0 Å². The van der Waals surface area contributed by atoms with E-state index in [4.69, 9.17) is 4.74 Å². The van der Waals surface area contributed by atoms with E-state index in [0.29, 0.717) is 18.7 Å². The van der Waals surface area contributed by atoms with Crippen molar-refractivity contribution in [1.82, 2.24) is 10.2 Å². The maximum atomic E-state index is 12.2. The Morgan fingerprint density at radius 2 is 2.05 bits per heavy atom. The summed E-state index contributed by atoms with van der Waals surface area (Å²) in [5, 5.41) is 2.75. The second-order valence-corrected chi connectivity index (χ2v) is 5.50. The third kappa shape index (κ3) is 5.46. The molecule has 1 rings (SSSR count). The summed E-state index contributed by atoms with van der Waals surface area (Å²) in [6.07, 6.45) is 0.760. The van der Waals surface area contributed by atoms with Crippen molar-refractivity contribution in [2.75, 3.05) is 33.9 Å². The Morgan fingerprint density at radius 1 is 1.35 bits per heavy atom. The molecule has 1 aromatic carbocycles. The minimum atomic E-state index is -0.164. The number of rotatable bonds is 7. The summed E-state index contributed by atoms with van der Waals surface area (Å²) in [5.74, 6) is -0.315. The average Bonchev–Trinajstić information content (AvgIpc) is 2.43. The molecule has 0 fully saturated rings. The van der Waals surface area contributed by atoms with E-state index in [0.717, 1.165) is 9.99 Å². The van der Waals surface area contributed by atoms with Crippen molar-refractivity contribution in [2.45, 2.75) is 6.42 Å². The van der Waals surface area contributed by atoms with Gasteiger partial charge in [0.2, 0.25) is 5.91 Å². The van der Waals surface area contributed by atoms with E-state index in [1.54, 1.807) is 20.2 Å². The molecule has 0 spiro atoms. The normalized spacial score (nSPS) is 10.2. The Kier molecular flexibility index (Phi) is 7.53. The van der Waals surface area contributed by atoms with Crippen molar-refractivity contribution in [3.05, 3.63) is 33.4 Å². The van der Waals surface area contributed by atoms with Crippen molar-refractivity contribution in [1.29, 1.82) is 0 Å². The van der Waals surface area contributed by atoms with Gasteiger partial charge in [-0.15, -0.1) is 0 Å². The highest BCUT2D eigenvalue weighted by Gasteiger charge is 2.16. The van der Waals surface area contributed by atoms with Gasteiger partial charge < -0.3 is 15.0 Å². The third-order valence-corrected chi connectivity index (χ3v) is 3.62. The van der Waals surface area contributed by atoms with Crippen LogP contribution < -0.4 is 5.32 Å². The largest absolute Gasteiger partial charge is 0.385 e. The van der Waals surface area contributed by atoms with E-state index in [-0.39, 0.29) is 18.4 Å². The van der Waals surface area contributed by atoms with Crippen LogP contribution in [0.2, 0.25) is 0 Å². The number of carbonyl (C=O) groups excluding carboxylic acids is 2. The predicted octanol–water partition coefficient (Wildman–Crippen LogP) is 1.52. The van der Waals surface area contributed by atoms with Crippen LogP contribution in [0, 0.1) is 3.57 Å². The molecule has 0 aliphatic carbocycles. The lowest BCUT2D eigenvalue weighted by Gasteiger charge is -2.17. The number of carbonyl (C=O) groups is 2. The minimum absolute atomic E-state index is 0.0524. The molecule has 20 heavy (non-hydrogen) atoms. The van der Waals surface area contributed by atoms with Gasteiger partial charge in [0.25, 0.3) is 5.91 Å². The number of amides is 2. The number of methoxy groups -OCH3 is 1. The summed E-state index contributed by atoms with van der Waals surface area (Å²) >= 11 is 2.11. The smallest absolute Gasteiger partial charge is 0.255 e. The predicted molar refractivity (Wildman–Crippen MR) is 85.6 cm³/mol. The average molecular weight is 390 g/mol. The molecule has 0 heterocycles. The molecule has 0 unspecified atom stereocenters. The number of halogens is 1. The maximum Gasteiger partial charge on any atom is 0.255 e. The zero-order valence-electron chi connectivity index (χ0n) is 11.7. The van der Waals surface area contributed by atoms with Crippen molar-refractivity contribution < 1.29 is 14.3 Å². The van der Waals surface area contributed by atoms with Gasteiger partial charge in [-0.25, -0.2) is 0 Å². The fourth-order valence-corrected chi connectivity index (χ4v) is 2.25. The van der Waals surface area contributed by atoms with Crippen LogP contribution in [0.5, 0.6) is 0 Å². The maximum absolute atomic E-state index is 12.2. The Hall–Kier alpha value is -1.15. The highest BCUT2D eigenvalue weighted by Crippen LogP contribution is 2.13. The Morgan fingerprint density at radius 3 is 2.70 bits per heavy atom. The first kappa shape index (κ1) is 16.9. The fourth-order valence-electron chi connectivity index (χ4n) is 1.63. The van der Waals surface area contributed by atoms with Crippen LogP contribution in [0.25, 0.3) is 0 Å². The van der Waals surface area contributed by atoms with Crippen LogP contribution in [0.1, 0.15) is 16.8 Å². The Labute approximate surface area is 132 Å². The molecule has 0 aromatic heterocycles. The lowest BCUT2D eigenvalue weighted by atomic mass is 10.2. The van der Waals surface area contributed by atoms with E-state index >= 15 is 0 Å². The molecule has 110 valence electrons. The molecule has 0 aliphatic rings. The highest BCUT2D eigenvalue weighted by molar-refractivity contribution is 14.1. The molecule has 0 atom stereocenters. The molecule has 1 aromatic rings. The minimum Gasteiger partial charge on any atom is -0.385 e. The number of hydrogen-bond donors (Lipinski definition) is 1. The van der Waals surface area contributed by atoms with Crippen molar-refractivity contribution in [3.8, 4) is 0 Å². The Balaban J connectivity index is 2.46. The van der Waals surface area contributed by atoms with Crippen LogP contribution in [-0.4, -0.2) is 50.6 Å². The lowest BCUT2D eigenvalue weighted by Crippen LogP contribution is -2.39. The summed E-state index contributed by atoms with van der Waals surface area (Å²) in [6, 6.07) is 7.32. The molecule has 1 N–H and O–H groups in total. The highest BCUT2D eigenvalue weighted by atomic mass is 127. The summed E-state index contributed by atoms with van der Waals surface area (Å²) < 4.78 is 5.77. The molecule has 0 saturated heterocycles. The van der Waals surface area contributed by atoms with Crippen LogP contribution in [0.3, 0.4) is 0 Å². The zero-order chi connectivity index (χ0) is 15.0. The zero-order valence-corrected chi connectivity index (χ0v) is 13.8. The summed E-state index contributed by atoms with van der Waals surface area (Å²) in [7, 11) is 3.25. The van der Waals surface area contributed by atoms with E-state index in [1.807, 2.05) is 18.2 Å². The van der Waals surface area contributed by atoms with Gasteiger partial charge >= 0.3 is 0 Å². The topological polar surface area (TPSA) is 58.6 Å². The molecule has 5 nitrogen and oxygen atoms in total. The fraction of sp³-hybridized carbons (Fsp3) is 0.429. The van der Waals surface area contributed by atoms with Gasteiger partial charge in [0.1, 0.15) is 0 Å². The SMILES string of the molecule is COCCCNC(=O)CN(C)C(=O)c1ccccc1I. The molecule has 2 amide bonds. The second-order valence-electron chi connectivity index (χ2n) is 4.34. The quantitative estimate of drug-likeness (QED) is 0.568. The van der Waals surface area contributed by atoms with Gasteiger partial charge in [0, 0.05) is 30.9 Å². The standard InChI is InChI=1S/C14H19IN2O3/c1-17(10-13(18)16-8-5-9-20-2)14(19)11-6-3-4-7-12(11)15/h3-4,6-7H,5,8-10H2,1-2H3,(H,16,18). The van der Waals surface area contributed by atoms with Gasteiger partial charge in [-0.2, -0.15) is 0 Å². The Bertz CT molecular complexity index is 465. The number of nitrogens with zero attached hydrogens (tertiary/aromatic N) is 1.